The van der Waals surface area contributed by atoms with Crippen LogP contribution in [0.15, 0.2) is 66.7 Å². The summed E-state index contributed by atoms with van der Waals surface area (Å²) in [5.41, 5.74) is 2.47. The van der Waals surface area contributed by atoms with Crippen LogP contribution in [-0.4, -0.2) is 34.6 Å². The second kappa shape index (κ2) is 14.7. The molecular weight excluding hydrogens is 594 g/mol. The summed E-state index contributed by atoms with van der Waals surface area (Å²) < 4.78 is 0. The number of carbonyl (C=O) groups excluding carboxylic acids is 2. The van der Waals surface area contributed by atoms with E-state index in [0.717, 1.165) is 36.8 Å². The molecule has 0 unspecified atom stereocenters. The quantitative estimate of drug-likeness (QED) is 0.234. The average Bonchev–Trinajstić information content (AvgIpc) is 3.42. The first-order valence-corrected chi connectivity index (χ1v) is 15.6. The summed E-state index contributed by atoms with van der Waals surface area (Å²) in [5.74, 6) is 0.347. The number of nitrogens with zero attached hydrogens (tertiary/aromatic N) is 1. The van der Waals surface area contributed by atoms with Crippen molar-refractivity contribution < 1.29 is 9.59 Å². The Balaban J connectivity index is 1.60. The Morgan fingerprint density at radius 1 is 0.897 bits per heavy atom. The smallest absolute Gasteiger partial charge is 0.243 e. The van der Waals surface area contributed by atoms with Crippen LogP contribution in [0.3, 0.4) is 0 Å². The first kappa shape index (κ1) is 30.1. The van der Waals surface area contributed by atoms with Crippen molar-refractivity contribution in [3.05, 3.63) is 104 Å². The fourth-order valence-electron chi connectivity index (χ4n) is 4.75. The van der Waals surface area contributed by atoms with Gasteiger partial charge in [0.15, 0.2) is 0 Å². The topological polar surface area (TPSA) is 49.4 Å². The number of halogens is 4. The van der Waals surface area contributed by atoms with Gasteiger partial charge < -0.3 is 10.2 Å². The maximum atomic E-state index is 13.9. The Labute approximate surface area is 254 Å². The van der Waals surface area contributed by atoms with E-state index in [2.05, 4.69) is 5.32 Å². The Hall–Kier alpha value is -1.89. The number of amides is 2. The van der Waals surface area contributed by atoms with Crippen LogP contribution in [0.2, 0.25) is 20.1 Å². The van der Waals surface area contributed by atoms with Gasteiger partial charge in [-0.05, 0) is 48.2 Å². The molecule has 1 aliphatic rings. The van der Waals surface area contributed by atoms with Gasteiger partial charge in [0.1, 0.15) is 6.04 Å². The predicted octanol–water partition coefficient (Wildman–Crippen LogP) is 8.23. The van der Waals surface area contributed by atoms with Crippen molar-refractivity contribution in [2.24, 2.45) is 0 Å². The van der Waals surface area contributed by atoms with Gasteiger partial charge in [0, 0.05) is 50.4 Å². The molecule has 0 bridgehead atoms. The van der Waals surface area contributed by atoms with Gasteiger partial charge in [0.2, 0.25) is 11.8 Å². The Bertz CT molecular complexity index is 1260. The van der Waals surface area contributed by atoms with Crippen molar-refractivity contribution in [3.63, 3.8) is 0 Å². The first-order chi connectivity index (χ1) is 18.8. The zero-order valence-electron chi connectivity index (χ0n) is 21.3. The Morgan fingerprint density at radius 3 is 2.26 bits per heavy atom. The summed E-state index contributed by atoms with van der Waals surface area (Å²) in [5, 5.41) is 5.23. The molecule has 3 aromatic rings. The summed E-state index contributed by atoms with van der Waals surface area (Å²) in [6.07, 6.45) is 4.46. The number of rotatable bonds is 11. The van der Waals surface area contributed by atoms with Crippen LogP contribution < -0.4 is 5.32 Å². The van der Waals surface area contributed by atoms with Crippen molar-refractivity contribution in [1.29, 1.82) is 0 Å². The zero-order valence-corrected chi connectivity index (χ0v) is 25.2. The largest absolute Gasteiger partial charge is 0.352 e. The lowest BCUT2D eigenvalue weighted by Crippen LogP contribution is -2.52. The standard InChI is InChI=1S/C30H30Cl4N2O2S/c31-22-14-13-21(27(34)16-22)18-39-19-29(37)36(17-24-25(32)11-6-12-26(24)33)28(15-20-7-2-1-3-8-20)30(38)35-23-9-4-5-10-23/h1-3,6-8,11-14,16,23,28H,4-5,9-10,15,17-19H2,(H,35,38)/t28-/m0/s1. The van der Waals surface area contributed by atoms with Gasteiger partial charge in [-0.3, -0.25) is 9.59 Å². The van der Waals surface area contributed by atoms with E-state index in [1.165, 1.54) is 11.8 Å². The zero-order chi connectivity index (χ0) is 27.8. The minimum atomic E-state index is -0.729. The van der Waals surface area contributed by atoms with Gasteiger partial charge in [-0.25, -0.2) is 0 Å². The molecule has 4 rings (SSSR count). The van der Waals surface area contributed by atoms with E-state index in [1.54, 1.807) is 35.2 Å². The van der Waals surface area contributed by atoms with Gasteiger partial charge in [-0.1, -0.05) is 102 Å². The third-order valence-corrected chi connectivity index (χ3v) is 9.12. The first-order valence-electron chi connectivity index (χ1n) is 12.9. The second-order valence-corrected chi connectivity index (χ2v) is 12.3. The molecule has 4 nitrogen and oxygen atoms in total. The number of hydrogen-bond donors (Lipinski definition) is 1. The van der Waals surface area contributed by atoms with Crippen LogP contribution in [0.5, 0.6) is 0 Å². The monoisotopic (exact) mass is 622 g/mol. The lowest BCUT2D eigenvalue weighted by Gasteiger charge is -2.33. The number of thioether (sulfide) groups is 1. The molecule has 1 saturated carbocycles. The lowest BCUT2D eigenvalue weighted by molar-refractivity contribution is -0.139. The highest BCUT2D eigenvalue weighted by molar-refractivity contribution is 7.99. The van der Waals surface area contributed by atoms with E-state index in [4.69, 9.17) is 46.4 Å². The maximum Gasteiger partial charge on any atom is 0.243 e. The lowest BCUT2D eigenvalue weighted by atomic mass is 10.0. The van der Waals surface area contributed by atoms with Gasteiger partial charge in [0.25, 0.3) is 0 Å². The molecule has 39 heavy (non-hydrogen) atoms. The molecule has 1 atom stereocenters. The molecule has 0 radical (unpaired) electrons. The highest BCUT2D eigenvalue weighted by Crippen LogP contribution is 2.29. The molecule has 1 fully saturated rings. The average molecular weight is 624 g/mol. The summed E-state index contributed by atoms with van der Waals surface area (Å²) >= 11 is 26.8. The number of hydrogen-bond acceptors (Lipinski definition) is 3. The van der Waals surface area contributed by atoms with E-state index in [-0.39, 0.29) is 30.2 Å². The van der Waals surface area contributed by atoms with Crippen LogP contribution >= 0.6 is 58.2 Å². The van der Waals surface area contributed by atoms with Gasteiger partial charge in [0.05, 0.1) is 5.75 Å². The number of benzene rings is 3. The molecule has 0 aromatic heterocycles. The third kappa shape index (κ3) is 8.55. The molecule has 0 saturated heterocycles. The highest BCUT2D eigenvalue weighted by Gasteiger charge is 2.32. The van der Waals surface area contributed by atoms with Crippen molar-refractivity contribution in [2.45, 2.75) is 56.5 Å². The normalized spacial score (nSPS) is 14.3. The number of carbonyl (C=O) groups is 2. The summed E-state index contributed by atoms with van der Waals surface area (Å²) in [6.45, 7) is 0.120. The van der Waals surface area contributed by atoms with Gasteiger partial charge >= 0.3 is 0 Å². The minimum absolute atomic E-state index is 0.120. The fourth-order valence-corrected chi connectivity index (χ4v) is 6.73. The van der Waals surface area contributed by atoms with Crippen LogP contribution in [0.1, 0.15) is 42.4 Å². The van der Waals surface area contributed by atoms with Crippen LogP contribution in [0.4, 0.5) is 0 Å². The third-order valence-electron chi connectivity index (χ3n) is 6.86. The van der Waals surface area contributed by atoms with E-state index >= 15 is 0 Å². The Morgan fingerprint density at radius 2 is 1.59 bits per heavy atom. The molecule has 1 N–H and O–H groups in total. The number of nitrogens with one attached hydrogen (secondary N) is 1. The van der Waals surface area contributed by atoms with Crippen LogP contribution in [-0.2, 0) is 28.3 Å². The molecule has 206 valence electrons. The maximum absolute atomic E-state index is 13.9. The van der Waals surface area contributed by atoms with E-state index in [9.17, 15) is 9.59 Å². The fraction of sp³-hybridized carbons (Fsp3) is 0.333. The molecule has 9 heteroatoms. The molecule has 0 aliphatic heterocycles. The van der Waals surface area contributed by atoms with E-state index < -0.39 is 6.04 Å². The van der Waals surface area contributed by atoms with Gasteiger partial charge in [-0.15, -0.1) is 11.8 Å². The van der Waals surface area contributed by atoms with Crippen molar-refractivity contribution in [3.8, 4) is 0 Å². The molecule has 1 aliphatic carbocycles. The molecule has 3 aromatic carbocycles. The van der Waals surface area contributed by atoms with E-state index in [0.29, 0.717) is 37.8 Å². The summed E-state index contributed by atoms with van der Waals surface area (Å²) in [6, 6.07) is 19.7. The van der Waals surface area contributed by atoms with E-state index in [1.807, 2.05) is 36.4 Å². The van der Waals surface area contributed by atoms with Crippen LogP contribution in [0, 0.1) is 0 Å². The Kier molecular flexibility index (Phi) is 11.3. The molecule has 0 heterocycles. The predicted molar refractivity (Wildman–Crippen MR) is 164 cm³/mol. The summed E-state index contributed by atoms with van der Waals surface area (Å²) in [7, 11) is 0. The summed E-state index contributed by atoms with van der Waals surface area (Å²) in [4.78, 5) is 29.3. The van der Waals surface area contributed by atoms with Crippen molar-refractivity contribution in [1.82, 2.24) is 10.2 Å². The van der Waals surface area contributed by atoms with Crippen LogP contribution in [0.25, 0.3) is 0 Å². The minimum Gasteiger partial charge on any atom is -0.352 e. The molecular formula is C30H30Cl4N2O2S. The SMILES string of the molecule is O=C(NC1CCCC1)[C@H](Cc1ccccc1)N(Cc1c(Cl)cccc1Cl)C(=O)CSCc1ccc(Cl)cc1Cl. The molecule has 0 spiro atoms. The second-order valence-electron chi connectivity index (χ2n) is 9.65. The van der Waals surface area contributed by atoms with Crippen molar-refractivity contribution >= 4 is 70.0 Å². The van der Waals surface area contributed by atoms with Crippen molar-refractivity contribution in [2.75, 3.05) is 5.75 Å². The highest BCUT2D eigenvalue weighted by atomic mass is 35.5. The molecule has 2 amide bonds. The van der Waals surface area contributed by atoms with Gasteiger partial charge in [-0.2, -0.15) is 0 Å².